The van der Waals surface area contributed by atoms with Crippen molar-refractivity contribution in [3.05, 3.63) is 131 Å². The molecule has 0 aliphatic rings. The molecule has 1 amide bonds. The van der Waals surface area contributed by atoms with Gasteiger partial charge in [-0.05, 0) is 29.7 Å². The molecule has 0 bridgehead atoms. The van der Waals surface area contributed by atoms with Crippen molar-refractivity contribution < 1.29 is 24.2 Å². The van der Waals surface area contributed by atoms with Crippen molar-refractivity contribution >= 4 is 11.9 Å². The topological polar surface area (TPSA) is 84.9 Å². The summed E-state index contributed by atoms with van der Waals surface area (Å²) < 4.78 is 11.7. The molecule has 4 aromatic carbocycles. The lowest BCUT2D eigenvalue weighted by Gasteiger charge is -2.30. The third-order valence-corrected chi connectivity index (χ3v) is 6.45. The fourth-order valence-corrected chi connectivity index (χ4v) is 4.44. The van der Waals surface area contributed by atoms with Crippen molar-refractivity contribution in [3.8, 4) is 11.5 Å². The lowest BCUT2D eigenvalue weighted by atomic mass is 9.87. The van der Waals surface area contributed by atoms with Gasteiger partial charge in [-0.1, -0.05) is 103 Å². The van der Waals surface area contributed by atoms with E-state index in [4.69, 9.17) is 9.47 Å². The summed E-state index contributed by atoms with van der Waals surface area (Å²) in [6.07, 6.45) is -0.00824. The van der Waals surface area contributed by atoms with E-state index >= 15 is 0 Å². The molecular formula is C32H31NO5. The van der Waals surface area contributed by atoms with Crippen molar-refractivity contribution in [1.82, 2.24) is 5.32 Å². The highest BCUT2D eigenvalue weighted by atomic mass is 16.5. The molecule has 6 nitrogen and oxygen atoms in total. The van der Waals surface area contributed by atoms with Gasteiger partial charge in [-0.25, -0.2) is 4.79 Å². The summed E-state index contributed by atoms with van der Waals surface area (Å²) in [5, 5.41) is 13.1. The van der Waals surface area contributed by atoms with E-state index in [9.17, 15) is 14.7 Å². The number of ether oxygens (including phenoxy) is 2. The molecule has 0 radical (unpaired) electrons. The van der Waals surface area contributed by atoms with Crippen LogP contribution < -0.4 is 14.8 Å². The minimum absolute atomic E-state index is 0.00824. The molecule has 0 spiro atoms. The minimum Gasteiger partial charge on any atom is -0.493 e. The second kappa shape index (κ2) is 12.1. The molecule has 4 aromatic rings. The van der Waals surface area contributed by atoms with Crippen molar-refractivity contribution in [2.24, 2.45) is 0 Å². The largest absolute Gasteiger partial charge is 0.493 e. The summed E-state index contributed by atoms with van der Waals surface area (Å²) >= 11 is 0. The lowest BCUT2D eigenvalue weighted by molar-refractivity contribution is -0.147. The Balaban J connectivity index is 1.64. The number of para-hydroxylation sites is 1. The normalized spacial score (nSPS) is 12.4. The molecular weight excluding hydrogens is 478 g/mol. The third kappa shape index (κ3) is 6.21. The molecule has 0 saturated heterocycles. The zero-order valence-corrected chi connectivity index (χ0v) is 21.5. The van der Waals surface area contributed by atoms with Gasteiger partial charge in [0.1, 0.15) is 12.1 Å². The maximum absolute atomic E-state index is 13.7. The molecule has 0 aromatic heterocycles. The maximum atomic E-state index is 13.7. The van der Waals surface area contributed by atoms with Gasteiger partial charge in [-0.3, -0.25) is 4.79 Å². The Morgan fingerprint density at radius 1 is 0.816 bits per heavy atom. The standard InChI is InChI=1S/C32H31NO5/c1-32(31(35)36,33-30(34)28(24-15-8-4-9-16-24)25-17-10-5-11-18-25)21-26-19-12-20-27(37-2)29(26)38-22-23-13-6-3-7-14-23/h3-20,28H,21-22H2,1-2H3,(H,33,34)(H,35,36)/t32-/m0/s1. The van der Waals surface area contributed by atoms with Crippen LogP contribution in [0.3, 0.4) is 0 Å². The predicted molar refractivity (Wildman–Crippen MR) is 146 cm³/mol. The number of methoxy groups -OCH3 is 1. The van der Waals surface area contributed by atoms with Crippen molar-refractivity contribution in [2.75, 3.05) is 7.11 Å². The molecule has 0 saturated carbocycles. The Kier molecular flexibility index (Phi) is 8.44. The van der Waals surface area contributed by atoms with E-state index in [-0.39, 0.29) is 13.0 Å². The van der Waals surface area contributed by atoms with Gasteiger partial charge in [0.15, 0.2) is 11.5 Å². The van der Waals surface area contributed by atoms with E-state index in [1.165, 1.54) is 14.0 Å². The zero-order chi connectivity index (χ0) is 27.0. The minimum atomic E-state index is -1.61. The van der Waals surface area contributed by atoms with Gasteiger partial charge in [-0.2, -0.15) is 0 Å². The van der Waals surface area contributed by atoms with Crippen molar-refractivity contribution in [3.63, 3.8) is 0 Å². The smallest absolute Gasteiger partial charge is 0.329 e. The number of carbonyl (C=O) groups is 2. The van der Waals surface area contributed by atoms with Gasteiger partial charge in [0.2, 0.25) is 5.91 Å². The fraction of sp³-hybridized carbons (Fsp3) is 0.188. The molecule has 0 aliphatic heterocycles. The summed E-state index contributed by atoms with van der Waals surface area (Å²) in [5.74, 6) is -1.29. The van der Waals surface area contributed by atoms with E-state index in [1.807, 2.05) is 91.0 Å². The van der Waals surface area contributed by atoms with Gasteiger partial charge >= 0.3 is 5.97 Å². The van der Waals surface area contributed by atoms with E-state index in [0.29, 0.717) is 17.1 Å². The number of carbonyl (C=O) groups excluding carboxylic acids is 1. The number of amides is 1. The summed E-state index contributed by atoms with van der Waals surface area (Å²) in [5.41, 5.74) is 1.51. The van der Waals surface area contributed by atoms with Crippen LogP contribution in [0.2, 0.25) is 0 Å². The molecule has 38 heavy (non-hydrogen) atoms. The molecule has 1 atom stereocenters. The average Bonchev–Trinajstić information content (AvgIpc) is 2.94. The first-order valence-corrected chi connectivity index (χ1v) is 12.4. The molecule has 194 valence electrons. The second-order valence-corrected chi connectivity index (χ2v) is 9.28. The van der Waals surface area contributed by atoms with Crippen LogP contribution >= 0.6 is 0 Å². The number of benzene rings is 4. The number of hydrogen-bond donors (Lipinski definition) is 2. The SMILES string of the molecule is COc1cccc(C[C@](C)(NC(=O)C(c2ccccc2)c2ccccc2)C(=O)O)c1OCc1ccccc1. The van der Waals surface area contributed by atoms with E-state index in [1.54, 1.807) is 18.2 Å². The summed E-state index contributed by atoms with van der Waals surface area (Å²) in [7, 11) is 1.54. The first kappa shape index (κ1) is 26.5. The monoisotopic (exact) mass is 509 g/mol. The van der Waals surface area contributed by atoms with Crippen LogP contribution in [-0.4, -0.2) is 29.6 Å². The van der Waals surface area contributed by atoms with Crippen LogP contribution in [0, 0.1) is 0 Å². The lowest BCUT2D eigenvalue weighted by Crippen LogP contribution is -2.55. The molecule has 0 fully saturated rings. The summed E-state index contributed by atoms with van der Waals surface area (Å²) in [6, 6.07) is 33.7. The number of aliphatic carboxylic acids is 1. The quantitative estimate of drug-likeness (QED) is 0.275. The van der Waals surface area contributed by atoms with E-state index in [0.717, 1.165) is 16.7 Å². The molecule has 0 heterocycles. The molecule has 4 rings (SSSR count). The Morgan fingerprint density at radius 3 is 1.89 bits per heavy atom. The van der Waals surface area contributed by atoms with Crippen LogP contribution in [-0.2, 0) is 22.6 Å². The Labute approximate surface area is 222 Å². The first-order valence-electron chi connectivity index (χ1n) is 12.4. The van der Waals surface area contributed by atoms with Gasteiger partial charge in [0.05, 0.1) is 13.0 Å². The summed E-state index contributed by atoms with van der Waals surface area (Å²) in [4.78, 5) is 26.4. The van der Waals surface area contributed by atoms with Crippen molar-refractivity contribution in [1.29, 1.82) is 0 Å². The molecule has 6 heteroatoms. The van der Waals surface area contributed by atoms with Crippen LogP contribution in [0.4, 0.5) is 0 Å². The number of nitrogens with one attached hydrogen (secondary N) is 1. The zero-order valence-electron chi connectivity index (χ0n) is 21.5. The summed E-state index contributed by atoms with van der Waals surface area (Å²) in [6.45, 7) is 1.80. The van der Waals surface area contributed by atoms with Crippen molar-refractivity contribution in [2.45, 2.75) is 31.4 Å². The van der Waals surface area contributed by atoms with Gasteiger partial charge in [0, 0.05) is 12.0 Å². The first-order chi connectivity index (χ1) is 18.4. The second-order valence-electron chi connectivity index (χ2n) is 9.28. The number of rotatable bonds is 11. The molecule has 0 aliphatic carbocycles. The maximum Gasteiger partial charge on any atom is 0.329 e. The molecule has 2 N–H and O–H groups in total. The highest BCUT2D eigenvalue weighted by Gasteiger charge is 2.38. The average molecular weight is 510 g/mol. The van der Waals surface area contributed by atoms with Crippen LogP contribution in [0.5, 0.6) is 11.5 Å². The van der Waals surface area contributed by atoms with Gasteiger partial charge < -0.3 is 19.9 Å². The van der Waals surface area contributed by atoms with Crippen LogP contribution in [0.25, 0.3) is 0 Å². The Bertz CT molecular complexity index is 1320. The molecule has 0 unspecified atom stereocenters. The highest BCUT2D eigenvalue weighted by Crippen LogP contribution is 2.35. The van der Waals surface area contributed by atoms with E-state index < -0.39 is 23.3 Å². The highest BCUT2D eigenvalue weighted by molar-refractivity contribution is 5.92. The third-order valence-electron chi connectivity index (χ3n) is 6.45. The fourth-order valence-electron chi connectivity index (χ4n) is 4.44. The number of carboxylic acid groups (broad SMARTS) is 1. The Morgan fingerprint density at radius 2 is 1.37 bits per heavy atom. The van der Waals surface area contributed by atoms with Gasteiger partial charge in [0.25, 0.3) is 0 Å². The van der Waals surface area contributed by atoms with Crippen LogP contribution in [0.1, 0.15) is 35.1 Å². The van der Waals surface area contributed by atoms with E-state index in [2.05, 4.69) is 5.32 Å². The Hall–Kier alpha value is -4.58. The van der Waals surface area contributed by atoms with Gasteiger partial charge in [-0.15, -0.1) is 0 Å². The van der Waals surface area contributed by atoms with Crippen LogP contribution in [0.15, 0.2) is 109 Å². The number of hydrogen-bond acceptors (Lipinski definition) is 4. The number of carboxylic acids is 1. The predicted octanol–water partition coefficient (Wildman–Crippen LogP) is 5.61.